The minimum atomic E-state index is -0.148. The van der Waals surface area contributed by atoms with Crippen molar-refractivity contribution in [1.29, 1.82) is 0 Å². The van der Waals surface area contributed by atoms with Gasteiger partial charge < -0.3 is 9.84 Å². The molecule has 0 aliphatic rings. The van der Waals surface area contributed by atoms with Gasteiger partial charge in [0.25, 0.3) is 0 Å². The first kappa shape index (κ1) is 13.1. The van der Waals surface area contributed by atoms with E-state index in [1.54, 1.807) is 30.6 Å². The second kappa shape index (κ2) is 5.57. The van der Waals surface area contributed by atoms with Gasteiger partial charge in [-0.1, -0.05) is 23.2 Å². The summed E-state index contributed by atoms with van der Waals surface area (Å²) in [4.78, 5) is 4.08. The highest BCUT2D eigenvalue weighted by molar-refractivity contribution is 6.35. The number of halogens is 2. The summed E-state index contributed by atoms with van der Waals surface area (Å²) in [6.45, 7) is -0.148. The summed E-state index contributed by atoms with van der Waals surface area (Å²) in [6.07, 6.45) is 3.21. The molecular formula is C13H11Cl2NO2. The Morgan fingerprint density at radius 3 is 2.39 bits per heavy atom. The number of rotatable bonds is 3. The van der Waals surface area contributed by atoms with Crippen molar-refractivity contribution in [3.8, 4) is 16.9 Å². The molecule has 0 spiro atoms. The maximum Gasteiger partial charge on any atom is 0.143 e. The number of hydrogen-bond acceptors (Lipinski definition) is 3. The Hall–Kier alpha value is -1.29. The van der Waals surface area contributed by atoms with Crippen molar-refractivity contribution >= 4 is 23.2 Å². The molecule has 2 rings (SSSR count). The number of ether oxygens (including phenoxy) is 1. The number of aliphatic hydroxyl groups is 1. The van der Waals surface area contributed by atoms with Gasteiger partial charge in [-0.3, -0.25) is 4.98 Å². The molecule has 1 aromatic heterocycles. The van der Waals surface area contributed by atoms with Crippen LogP contribution >= 0.6 is 23.2 Å². The van der Waals surface area contributed by atoms with Gasteiger partial charge in [0, 0.05) is 27.4 Å². The third kappa shape index (κ3) is 2.58. The number of hydrogen-bond donors (Lipinski definition) is 1. The lowest BCUT2D eigenvalue weighted by Gasteiger charge is -2.12. The number of pyridine rings is 1. The normalized spacial score (nSPS) is 10.4. The summed E-state index contributed by atoms with van der Waals surface area (Å²) < 4.78 is 5.17. The van der Waals surface area contributed by atoms with Crippen LogP contribution in [0.15, 0.2) is 30.6 Å². The molecule has 0 unspecified atom stereocenters. The third-order valence-electron chi connectivity index (χ3n) is 2.57. The zero-order valence-corrected chi connectivity index (χ0v) is 11.2. The fourth-order valence-corrected chi connectivity index (χ4v) is 2.29. The van der Waals surface area contributed by atoms with E-state index >= 15 is 0 Å². The number of nitrogens with zero attached hydrogens (tertiary/aromatic N) is 1. The van der Waals surface area contributed by atoms with E-state index in [4.69, 9.17) is 27.9 Å². The van der Waals surface area contributed by atoms with Crippen LogP contribution in [0.4, 0.5) is 0 Å². The van der Waals surface area contributed by atoms with E-state index in [1.165, 1.54) is 7.11 Å². The molecule has 0 aliphatic carbocycles. The van der Waals surface area contributed by atoms with E-state index in [1.807, 2.05) is 0 Å². The Morgan fingerprint density at radius 2 is 1.83 bits per heavy atom. The van der Waals surface area contributed by atoms with Gasteiger partial charge >= 0.3 is 0 Å². The van der Waals surface area contributed by atoms with Gasteiger partial charge in [0.1, 0.15) is 5.75 Å². The molecule has 0 aliphatic heterocycles. The van der Waals surface area contributed by atoms with Crippen LogP contribution in [0.1, 0.15) is 5.56 Å². The standard InChI is InChI=1S/C13H11Cl2NO2/c1-18-13-6-16-5-11(12(13)7-17)8-2-9(14)4-10(15)3-8/h2-6,17H,7H2,1H3. The number of benzene rings is 1. The third-order valence-corrected chi connectivity index (χ3v) is 3.01. The van der Waals surface area contributed by atoms with E-state index in [2.05, 4.69) is 4.98 Å². The molecule has 0 atom stereocenters. The Balaban J connectivity index is 2.63. The minimum Gasteiger partial charge on any atom is -0.495 e. The molecule has 0 radical (unpaired) electrons. The fraction of sp³-hybridized carbons (Fsp3) is 0.154. The first-order chi connectivity index (χ1) is 8.65. The first-order valence-electron chi connectivity index (χ1n) is 5.24. The average Bonchev–Trinajstić information content (AvgIpc) is 2.36. The topological polar surface area (TPSA) is 42.4 Å². The van der Waals surface area contributed by atoms with Crippen molar-refractivity contribution in [3.63, 3.8) is 0 Å². The van der Waals surface area contributed by atoms with Gasteiger partial charge in [-0.15, -0.1) is 0 Å². The van der Waals surface area contributed by atoms with Crippen molar-refractivity contribution in [1.82, 2.24) is 4.98 Å². The van der Waals surface area contributed by atoms with Crippen molar-refractivity contribution < 1.29 is 9.84 Å². The molecule has 0 saturated heterocycles. The first-order valence-corrected chi connectivity index (χ1v) is 5.99. The molecule has 0 bridgehead atoms. The van der Waals surface area contributed by atoms with Crippen LogP contribution in [0.25, 0.3) is 11.1 Å². The van der Waals surface area contributed by atoms with Gasteiger partial charge in [0.2, 0.25) is 0 Å². The quantitative estimate of drug-likeness (QED) is 0.937. The van der Waals surface area contributed by atoms with Crippen molar-refractivity contribution in [2.75, 3.05) is 7.11 Å². The van der Waals surface area contributed by atoms with Crippen LogP contribution < -0.4 is 4.74 Å². The lowest BCUT2D eigenvalue weighted by Crippen LogP contribution is -1.96. The molecule has 18 heavy (non-hydrogen) atoms. The summed E-state index contributed by atoms with van der Waals surface area (Å²) in [5.41, 5.74) is 2.20. The van der Waals surface area contributed by atoms with Crippen molar-refractivity contribution in [2.24, 2.45) is 0 Å². The predicted octanol–water partition coefficient (Wildman–Crippen LogP) is 3.56. The highest BCUT2D eigenvalue weighted by Crippen LogP contribution is 2.32. The van der Waals surface area contributed by atoms with Crippen molar-refractivity contribution in [2.45, 2.75) is 6.61 Å². The van der Waals surface area contributed by atoms with Gasteiger partial charge in [-0.25, -0.2) is 0 Å². The second-order valence-corrected chi connectivity index (χ2v) is 4.56. The summed E-state index contributed by atoms with van der Waals surface area (Å²) in [6, 6.07) is 5.19. The maximum absolute atomic E-state index is 9.46. The summed E-state index contributed by atoms with van der Waals surface area (Å²) >= 11 is 11.9. The smallest absolute Gasteiger partial charge is 0.143 e. The largest absolute Gasteiger partial charge is 0.495 e. The number of aliphatic hydroxyl groups excluding tert-OH is 1. The minimum absolute atomic E-state index is 0.148. The van der Waals surface area contributed by atoms with E-state index in [0.29, 0.717) is 21.4 Å². The average molecular weight is 284 g/mol. The Morgan fingerprint density at radius 1 is 1.17 bits per heavy atom. The molecule has 0 amide bonds. The molecule has 2 aromatic rings. The van der Waals surface area contributed by atoms with Crippen LogP contribution in [0, 0.1) is 0 Å². The van der Waals surface area contributed by atoms with Gasteiger partial charge in [-0.05, 0) is 23.8 Å². The van der Waals surface area contributed by atoms with Gasteiger partial charge in [0.15, 0.2) is 0 Å². The molecule has 1 aromatic carbocycles. The van der Waals surface area contributed by atoms with Crippen molar-refractivity contribution in [3.05, 3.63) is 46.2 Å². The van der Waals surface area contributed by atoms with Crippen LogP contribution in [0.5, 0.6) is 5.75 Å². The zero-order chi connectivity index (χ0) is 13.1. The highest BCUT2D eigenvalue weighted by Gasteiger charge is 2.11. The summed E-state index contributed by atoms with van der Waals surface area (Å²) in [5.74, 6) is 0.533. The summed E-state index contributed by atoms with van der Waals surface area (Å²) in [7, 11) is 1.53. The lowest BCUT2D eigenvalue weighted by molar-refractivity contribution is 0.274. The number of aromatic nitrogens is 1. The number of methoxy groups -OCH3 is 1. The summed E-state index contributed by atoms with van der Waals surface area (Å²) in [5, 5.41) is 10.5. The van der Waals surface area contributed by atoms with E-state index in [9.17, 15) is 5.11 Å². The van der Waals surface area contributed by atoms with Crippen LogP contribution in [0.3, 0.4) is 0 Å². The molecule has 0 saturated carbocycles. The SMILES string of the molecule is COc1cncc(-c2cc(Cl)cc(Cl)c2)c1CO. The Bertz CT molecular complexity index is 553. The zero-order valence-electron chi connectivity index (χ0n) is 9.65. The fourth-order valence-electron chi connectivity index (χ4n) is 1.77. The van der Waals surface area contributed by atoms with E-state index < -0.39 is 0 Å². The molecule has 3 nitrogen and oxygen atoms in total. The predicted molar refractivity (Wildman–Crippen MR) is 72.2 cm³/mol. The van der Waals surface area contributed by atoms with E-state index in [-0.39, 0.29) is 6.61 Å². The molecule has 1 N–H and O–H groups in total. The second-order valence-electron chi connectivity index (χ2n) is 3.68. The van der Waals surface area contributed by atoms with Gasteiger partial charge in [-0.2, -0.15) is 0 Å². The van der Waals surface area contributed by atoms with Gasteiger partial charge in [0.05, 0.1) is 19.9 Å². The highest BCUT2D eigenvalue weighted by atomic mass is 35.5. The molecule has 1 heterocycles. The van der Waals surface area contributed by atoms with Crippen LogP contribution in [-0.2, 0) is 6.61 Å². The Kier molecular flexibility index (Phi) is 4.07. The van der Waals surface area contributed by atoms with Crippen LogP contribution in [0.2, 0.25) is 10.0 Å². The monoisotopic (exact) mass is 283 g/mol. The molecule has 94 valence electrons. The molecule has 5 heteroatoms. The Labute approximate surface area is 115 Å². The van der Waals surface area contributed by atoms with E-state index in [0.717, 1.165) is 11.1 Å². The van der Waals surface area contributed by atoms with Crippen LogP contribution in [-0.4, -0.2) is 17.2 Å². The lowest BCUT2D eigenvalue weighted by atomic mass is 10.0. The molecule has 0 fully saturated rings. The molecular weight excluding hydrogens is 273 g/mol. The maximum atomic E-state index is 9.46.